The highest BCUT2D eigenvalue weighted by Gasteiger charge is 2.27. The smallest absolute Gasteiger partial charge is 0.338 e. The van der Waals surface area contributed by atoms with Gasteiger partial charge in [-0.05, 0) is 62.7 Å². The van der Waals surface area contributed by atoms with Crippen LogP contribution < -0.4 is 5.32 Å². The first kappa shape index (κ1) is 24.2. The fourth-order valence-electron chi connectivity index (χ4n) is 3.89. The molecule has 10 heteroatoms. The van der Waals surface area contributed by atoms with Gasteiger partial charge in [-0.15, -0.1) is 0 Å². The van der Waals surface area contributed by atoms with Gasteiger partial charge in [-0.1, -0.05) is 34.4 Å². The molecule has 1 aliphatic rings. The molecule has 3 aromatic rings. The molecular formula is C24H24Cl2N4O4. The Kier molecular flexibility index (Phi) is 7.82. The van der Waals surface area contributed by atoms with E-state index in [0.717, 1.165) is 19.4 Å². The molecule has 1 N–H and O–H groups in total. The summed E-state index contributed by atoms with van der Waals surface area (Å²) in [4.78, 5) is 31.4. The van der Waals surface area contributed by atoms with Crippen LogP contribution in [0.15, 0.2) is 47.0 Å². The second kappa shape index (κ2) is 11.0. The lowest BCUT2D eigenvalue weighted by atomic mass is 9.97. The zero-order chi connectivity index (χ0) is 24.1. The van der Waals surface area contributed by atoms with Crippen LogP contribution in [0.2, 0.25) is 10.0 Å². The number of amides is 1. The molecule has 0 spiro atoms. The molecule has 0 bridgehead atoms. The maximum absolute atomic E-state index is 12.9. The van der Waals surface area contributed by atoms with Crippen LogP contribution in [0.5, 0.6) is 0 Å². The van der Waals surface area contributed by atoms with E-state index >= 15 is 0 Å². The average Bonchev–Trinajstić information content (AvgIpc) is 3.27. The van der Waals surface area contributed by atoms with E-state index in [4.69, 9.17) is 32.5 Å². The van der Waals surface area contributed by atoms with Gasteiger partial charge in [0.1, 0.15) is 0 Å². The molecule has 1 fully saturated rings. The summed E-state index contributed by atoms with van der Waals surface area (Å²) in [6.45, 7) is 3.85. The number of hydrogen-bond donors (Lipinski definition) is 1. The first-order valence-corrected chi connectivity index (χ1v) is 11.8. The highest BCUT2D eigenvalue weighted by Crippen LogP contribution is 2.29. The number of ether oxygens (including phenoxy) is 1. The van der Waals surface area contributed by atoms with Crippen LogP contribution in [-0.2, 0) is 16.1 Å². The Balaban J connectivity index is 1.36. The SMILES string of the molecule is CCOC(=O)c1cccc(NC(=O)C2CCCN(Cc3nc(-c4ccc(Cl)cc4Cl)no3)C2)c1. The zero-order valence-corrected chi connectivity index (χ0v) is 20.1. The van der Waals surface area contributed by atoms with Gasteiger partial charge < -0.3 is 14.6 Å². The average molecular weight is 503 g/mol. The van der Waals surface area contributed by atoms with Crippen molar-refractivity contribution in [3.8, 4) is 11.4 Å². The highest BCUT2D eigenvalue weighted by atomic mass is 35.5. The van der Waals surface area contributed by atoms with Crippen molar-refractivity contribution < 1.29 is 18.8 Å². The molecule has 2 heterocycles. The van der Waals surface area contributed by atoms with Gasteiger partial charge in [0.05, 0.1) is 29.7 Å². The molecule has 1 unspecified atom stereocenters. The van der Waals surface area contributed by atoms with Crippen LogP contribution in [0.4, 0.5) is 5.69 Å². The Labute approximate surface area is 207 Å². The third-order valence-corrected chi connectivity index (χ3v) is 6.06. The molecule has 1 aliphatic heterocycles. The number of nitrogens with one attached hydrogen (secondary N) is 1. The molecule has 34 heavy (non-hydrogen) atoms. The van der Waals surface area contributed by atoms with Gasteiger partial charge in [0.2, 0.25) is 17.6 Å². The van der Waals surface area contributed by atoms with E-state index in [-0.39, 0.29) is 11.8 Å². The first-order chi connectivity index (χ1) is 16.4. The van der Waals surface area contributed by atoms with Crippen LogP contribution in [0, 0.1) is 5.92 Å². The van der Waals surface area contributed by atoms with Crippen molar-refractivity contribution in [2.24, 2.45) is 5.92 Å². The van der Waals surface area contributed by atoms with Crippen molar-refractivity contribution in [3.63, 3.8) is 0 Å². The van der Waals surface area contributed by atoms with E-state index in [9.17, 15) is 9.59 Å². The van der Waals surface area contributed by atoms with E-state index < -0.39 is 5.97 Å². The number of halogens is 2. The van der Waals surface area contributed by atoms with Crippen molar-refractivity contribution in [1.82, 2.24) is 15.0 Å². The van der Waals surface area contributed by atoms with Crippen LogP contribution in [0.25, 0.3) is 11.4 Å². The molecule has 0 saturated carbocycles. The number of anilines is 1. The molecule has 8 nitrogen and oxygen atoms in total. The predicted molar refractivity (Wildman–Crippen MR) is 129 cm³/mol. The maximum atomic E-state index is 12.9. The Bertz CT molecular complexity index is 1180. The maximum Gasteiger partial charge on any atom is 0.338 e. The van der Waals surface area contributed by atoms with E-state index in [1.165, 1.54) is 0 Å². The van der Waals surface area contributed by atoms with Crippen molar-refractivity contribution in [2.45, 2.75) is 26.3 Å². The number of piperidine rings is 1. The van der Waals surface area contributed by atoms with Crippen LogP contribution >= 0.6 is 23.2 Å². The highest BCUT2D eigenvalue weighted by molar-refractivity contribution is 6.36. The Morgan fingerprint density at radius 1 is 1.24 bits per heavy atom. The lowest BCUT2D eigenvalue weighted by molar-refractivity contribution is -0.121. The summed E-state index contributed by atoms with van der Waals surface area (Å²) in [5.74, 6) is 0.132. The number of aromatic nitrogens is 2. The molecule has 1 amide bonds. The molecule has 0 aliphatic carbocycles. The Morgan fingerprint density at radius 3 is 2.88 bits per heavy atom. The molecule has 4 rings (SSSR count). The number of likely N-dealkylation sites (tertiary alicyclic amines) is 1. The molecule has 0 radical (unpaired) electrons. The Hall–Kier alpha value is -2.94. The van der Waals surface area contributed by atoms with Crippen molar-refractivity contribution in [3.05, 3.63) is 64.0 Å². The third-order valence-electron chi connectivity index (χ3n) is 5.52. The molecule has 1 atom stereocenters. The molecule has 1 aromatic heterocycles. The summed E-state index contributed by atoms with van der Waals surface area (Å²) in [5, 5.41) is 7.93. The second-order valence-electron chi connectivity index (χ2n) is 8.00. The van der Waals surface area contributed by atoms with E-state index in [2.05, 4.69) is 20.4 Å². The summed E-state index contributed by atoms with van der Waals surface area (Å²) in [7, 11) is 0. The summed E-state index contributed by atoms with van der Waals surface area (Å²) >= 11 is 12.2. The van der Waals surface area contributed by atoms with Gasteiger partial charge in [-0.3, -0.25) is 9.69 Å². The quantitative estimate of drug-likeness (QED) is 0.450. The number of benzene rings is 2. The summed E-state index contributed by atoms with van der Waals surface area (Å²) in [6, 6.07) is 11.8. The standard InChI is InChI=1S/C24H24Cl2N4O4/c1-2-33-24(32)15-5-3-7-18(11-15)27-23(31)16-6-4-10-30(13-16)14-21-28-22(29-34-21)19-9-8-17(25)12-20(19)26/h3,5,7-9,11-12,16H,2,4,6,10,13-14H2,1H3,(H,27,31). The minimum atomic E-state index is -0.416. The predicted octanol–water partition coefficient (Wildman–Crippen LogP) is 5.07. The fraction of sp³-hybridized carbons (Fsp3) is 0.333. The van der Waals surface area contributed by atoms with Gasteiger partial charge in [-0.25, -0.2) is 4.79 Å². The monoisotopic (exact) mass is 502 g/mol. The number of carbonyl (C=O) groups is 2. The van der Waals surface area contributed by atoms with E-state index in [1.807, 2.05) is 0 Å². The van der Waals surface area contributed by atoms with Gasteiger partial charge in [0.25, 0.3) is 0 Å². The van der Waals surface area contributed by atoms with Crippen molar-refractivity contribution >= 4 is 40.8 Å². The summed E-state index contributed by atoms with van der Waals surface area (Å²) in [6.07, 6.45) is 1.64. The number of carbonyl (C=O) groups excluding carboxylic acids is 2. The van der Waals surface area contributed by atoms with Crippen molar-refractivity contribution in [1.29, 1.82) is 0 Å². The summed E-state index contributed by atoms with van der Waals surface area (Å²) < 4.78 is 10.4. The number of nitrogens with zero attached hydrogens (tertiary/aromatic N) is 3. The molecule has 2 aromatic carbocycles. The molecule has 1 saturated heterocycles. The number of hydrogen-bond acceptors (Lipinski definition) is 7. The van der Waals surface area contributed by atoms with Gasteiger partial charge in [-0.2, -0.15) is 4.98 Å². The van der Waals surface area contributed by atoms with Gasteiger partial charge >= 0.3 is 5.97 Å². The van der Waals surface area contributed by atoms with Crippen LogP contribution in [0.3, 0.4) is 0 Å². The largest absolute Gasteiger partial charge is 0.462 e. The zero-order valence-electron chi connectivity index (χ0n) is 18.6. The lowest BCUT2D eigenvalue weighted by Gasteiger charge is -2.30. The Morgan fingerprint density at radius 2 is 2.09 bits per heavy atom. The van der Waals surface area contributed by atoms with E-state index in [1.54, 1.807) is 49.4 Å². The van der Waals surface area contributed by atoms with Crippen molar-refractivity contribution in [2.75, 3.05) is 25.0 Å². The lowest BCUT2D eigenvalue weighted by Crippen LogP contribution is -2.40. The molecule has 178 valence electrons. The van der Waals surface area contributed by atoms with Crippen LogP contribution in [0.1, 0.15) is 36.0 Å². The number of rotatable bonds is 7. The third kappa shape index (κ3) is 5.94. The first-order valence-electron chi connectivity index (χ1n) is 11.0. The van der Waals surface area contributed by atoms with Gasteiger partial charge in [0, 0.05) is 22.8 Å². The second-order valence-corrected chi connectivity index (χ2v) is 8.84. The number of esters is 1. The van der Waals surface area contributed by atoms with Gasteiger partial charge in [0.15, 0.2) is 0 Å². The van der Waals surface area contributed by atoms with E-state index in [0.29, 0.717) is 58.3 Å². The minimum absolute atomic E-state index is 0.0927. The topological polar surface area (TPSA) is 97.6 Å². The molecular weight excluding hydrogens is 479 g/mol. The fourth-order valence-corrected chi connectivity index (χ4v) is 4.38. The summed E-state index contributed by atoms with van der Waals surface area (Å²) in [5.41, 5.74) is 1.61. The van der Waals surface area contributed by atoms with Crippen LogP contribution in [-0.4, -0.2) is 46.6 Å². The minimum Gasteiger partial charge on any atom is -0.462 e. The normalized spacial score (nSPS) is 16.3.